The topological polar surface area (TPSA) is 73.1 Å². The van der Waals surface area contributed by atoms with Crippen molar-refractivity contribution in [1.29, 1.82) is 0 Å². The second-order valence-electron chi connectivity index (χ2n) is 3.82. The zero-order valence-electron chi connectivity index (χ0n) is 10.8. The van der Waals surface area contributed by atoms with Gasteiger partial charge in [0.1, 0.15) is 11.6 Å². The van der Waals surface area contributed by atoms with Crippen LogP contribution in [0.5, 0.6) is 11.6 Å². The third-order valence-electron chi connectivity index (χ3n) is 2.42. The lowest BCUT2D eigenvalue weighted by atomic mass is 10.2. The van der Waals surface area contributed by atoms with Gasteiger partial charge in [0.05, 0.1) is 5.56 Å². The molecule has 2 aromatic rings. The summed E-state index contributed by atoms with van der Waals surface area (Å²) in [6, 6.07) is 6.21. The Bertz CT molecular complexity index is 614. The number of alkyl halides is 3. The van der Waals surface area contributed by atoms with Gasteiger partial charge in [0.25, 0.3) is 0 Å². The first kappa shape index (κ1) is 15.4. The molecule has 1 heterocycles. The van der Waals surface area contributed by atoms with Crippen molar-refractivity contribution >= 4 is 17.6 Å². The van der Waals surface area contributed by atoms with Gasteiger partial charge in [-0.3, -0.25) is 0 Å². The minimum Gasteiger partial charge on any atom is -0.438 e. The molecular formula is C12H11F3N4OS. The van der Waals surface area contributed by atoms with Crippen molar-refractivity contribution in [3.63, 3.8) is 0 Å². The maximum absolute atomic E-state index is 12.9. The Labute approximate surface area is 122 Å². The fourth-order valence-electron chi connectivity index (χ4n) is 1.52. The minimum absolute atomic E-state index is 0.0287. The predicted octanol–water partition coefficient (Wildman–Crippen LogP) is 3.30. The first-order chi connectivity index (χ1) is 9.94. The Morgan fingerprint density at radius 2 is 1.95 bits per heavy atom. The van der Waals surface area contributed by atoms with E-state index in [1.165, 1.54) is 36.0 Å². The van der Waals surface area contributed by atoms with Gasteiger partial charge in [0.15, 0.2) is 5.16 Å². The zero-order chi connectivity index (χ0) is 15.5. The fraction of sp³-hybridized carbons (Fsp3) is 0.167. The molecule has 0 aliphatic heterocycles. The van der Waals surface area contributed by atoms with Gasteiger partial charge in [0, 0.05) is 6.07 Å². The quantitative estimate of drug-likeness (QED) is 0.390. The molecule has 0 saturated carbocycles. The van der Waals surface area contributed by atoms with Gasteiger partial charge in [-0.05, 0) is 18.4 Å². The van der Waals surface area contributed by atoms with Crippen LogP contribution in [0, 0.1) is 0 Å². The van der Waals surface area contributed by atoms with Gasteiger partial charge < -0.3 is 10.2 Å². The number of benzene rings is 1. The van der Waals surface area contributed by atoms with Gasteiger partial charge >= 0.3 is 6.18 Å². The summed E-state index contributed by atoms with van der Waals surface area (Å²) in [6.07, 6.45) is -2.79. The molecular weight excluding hydrogens is 305 g/mol. The largest absolute Gasteiger partial charge is 0.438 e. The highest BCUT2D eigenvalue weighted by Gasteiger charge is 2.34. The number of nitrogen functional groups attached to an aromatic ring is 1. The summed E-state index contributed by atoms with van der Waals surface area (Å²) in [4.78, 5) is 7.98. The number of hydrogen-bond donors (Lipinski definition) is 2. The molecule has 2 rings (SSSR count). The normalized spacial score (nSPS) is 11.3. The number of aromatic nitrogens is 2. The minimum atomic E-state index is -4.51. The van der Waals surface area contributed by atoms with Crippen LogP contribution in [-0.4, -0.2) is 16.2 Å². The molecule has 0 spiro atoms. The molecule has 0 fully saturated rings. The van der Waals surface area contributed by atoms with E-state index in [1.54, 1.807) is 6.26 Å². The van der Waals surface area contributed by atoms with E-state index in [1.807, 2.05) is 0 Å². The van der Waals surface area contributed by atoms with E-state index in [2.05, 4.69) is 15.4 Å². The first-order valence-corrected chi connectivity index (χ1v) is 6.90. The SMILES string of the molecule is CSc1nc(NN)cc(Oc2ccccc2C(F)(F)F)n1. The van der Waals surface area contributed by atoms with Crippen LogP contribution in [0.4, 0.5) is 19.0 Å². The average Bonchev–Trinajstić information content (AvgIpc) is 2.46. The van der Waals surface area contributed by atoms with Gasteiger partial charge in [-0.15, -0.1) is 0 Å². The van der Waals surface area contributed by atoms with E-state index in [4.69, 9.17) is 10.6 Å². The molecule has 0 amide bonds. The van der Waals surface area contributed by atoms with Gasteiger partial charge in [-0.2, -0.15) is 18.2 Å². The number of hydrazine groups is 1. The molecule has 0 atom stereocenters. The highest BCUT2D eigenvalue weighted by molar-refractivity contribution is 7.98. The highest BCUT2D eigenvalue weighted by Crippen LogP contribution is 2.37. The predicted molar refractivity (Wildman–Crippen MR) is 73.1 cm³/mol. The second-order valence-corrected chi connectivity index (χ2v) is 4.59. The van der Waals surface area contributed by atoms with E-state index in [-0.39, 0.29) is 17.4 Å². The molecule has 0 aliphatic rings. The molecule has 0 saturated heterocycles. The van der Waals surface area contributed by atoms with Crippen LogP contribution in [0.2, 0.25) is 0 Å². The van der Waals surface area contributed by atoms with Crippen molar-refractivity contribution in [2.24, 2.45) is 5.84 Å². The third kappa shape index (κ3) is 3.76. The molecule has 3 N–H and O–H groups in total. The van der Waals surface area contributed by atoms with E-state index in [0.717, 1.165) is 6.07 Å². The van der Waals surface area contributed by atoms with Crippen LogP contribution in [-0.2, 0) is 6.18 Å². The summed E-state index contributed by atoms with van der Waals surface area (Å²) in [5, 5.41) is 0.324. The number of halogens is 3. The number of para-hydroxylation sites is 1. The number of nitrogens with one attached hydrogen (secondary N) is 1. The van der Waals surface area contributed by atoms with E-state index < -0.39 is 11.7 Å². The molecule has 5 nitrogen and oxygen atoms in total. The van der Waals surface area contributed by atoms with E-state index >= 15 is 0 Å². The van der Waals surface area contributed by atoms with Crippen LogP contribution in [0.3, 0.4) is 0 Å². The Balaban J connectivity index is 2.39. The van der Waals surface area contributed by atoms with Crippen LogP contribution >= 0.6 is 11.8 Å². The molecule has 0 radical (unpaired) electrons. The standard InChI is InChI=1S/C12H11F3N4OS/c1-21-11-17-9(19-16)6-10(18-11)20-8-5-3-2-4-7(8)12(13,14)15/h2-6H,16H2,1H3,(H,17,18,19). The molecule has 21 heavy (non-hydrogen) atoms. The van der Waals surface area contributed by atoms with Crippen LogP contribution < -0.4 is 16.0 Å². The number of hydrogen-bond acceptors (Lipinski definition) is 6. The van der Waals surface area contributed by atoms with Gasteiger partial charge in [-0.1, -0.05) is 23.9 Å². The molecule has 0 aliphatic carbocycles. The average molecular weight is 316 g/mol. The van der Waals surface area contributed by atoms with Crippen molar-refractivity contribution in [3.05, 3.63) is 35.9 Å². The zero-order valence-corrected chi connectivity index (χ0v) is 11.6. The van der Waals surface area contributed by atoms with Crippen molar-refractivity contribution in [3.8, 4) is 11.6 Å². The van der Waals surface area contributed by atoms with Gasteiger partial charge in [-0.25, -0.2) is 10.8 Å². The van der Waals surface area contributed by atoms with Gasteiger partial charge in [0.2, 0.25) is 5.88 Å². The molecule has 9 heteroatoms. The van der Waals surface area contributed by atoms with E-state index in [9.17, 15) is 13.2 Å². The highest BCUT2D eigenvalue weighted by atomic mass is 32.2. The fourth-order valence-corrected chi connectivity index (χ4v) is 1.89. The maximum atomic E-state index is 12.9. The third-order valence-corrected chi connectivity index (χ3v) is 2.97. The molecule has 0 unspecified atom stereocenters. The molecule has 112 valence electrons. The Kier molecular flexibility index (Phi) is 4.53. The van der Waals surface area contributed by atoms with Crippen LogP contribution in [0.1, 0.15) is 5.56 Å². The summed E-state index contributed by atoms with van der Waals surface area (Å²) in [7, 11) is 0. The van der Waals surface area contributed by atoms with Crippen molar-refractivity contribution in [2.75, 3.05) is 11.7 Å². The van der Waals surface area contributed by atoms with Crippen molar-refractivity contribution in [1.82, 2.24) is 9.97 Å². The summed E-state index contributed by atoms with van der Waals surface area (Å²) in [5.41, 5.74) is 1.43. The lowest BCUT2D eigenvalue weighted by Gasteiger charge is -2.13. The number of nitrogens with zero attached hydrogens (tertiary/aromatic N) is 2. The number of rotatable bonds is 4. The Morgan fingerprint density at radius 1 is 1.24 bits per heavy atom. The van der Waals surface area contributed by atoms with Crippen molar-refractivity contribution < 1.29 is 17.9 Å². The summed E-state index contributed by atoms with van der Waals surface area (Å²) in [6.45, 7) is 0. The lowest BCUT2D eigenvalue weighted by molar-refractivity contribution is -0.138. The maximum Gasteiger partial charge on any atom is 0.419 e. The number of anilines is 1. The van der Waals surface area contributed by atoms with E-state index in [0.29, 0.717) is 5.16 Å². The van der Waals surface area contributed by atoms with Crippen LogP contribution in [0.15, 0.2) is 35.5 Å². The Hall–Kier alpha value is -2.00. The van der Waals surface area contributed by atoms with Crippen molar-refractivity contribution in [2.45, 2.75) is 11.3 Å². The smallest absolute Gasteiger partial charge is 0.419 e. The molecule has 1 aromatic carbocycles. The second kappa shape index (κ2) is 6.19. The molecule has 1 aromatic heterocycles. The van der Waals surface area contributed by atoms with Crippen LogP contribution in [0.25, 0.3) is 0 Å². The molecule has 0 bridgehead atoms. The summed E-state index contributed by atoms with van der Waals surface area (Å²) in [5.74, 6) is 5.13. The summed E-state index contributed by atoms with van der Waals surface area (Å²) >= 11 is 1.21. The summed E-state index contributed by atoms with van der Waals surface area (Å²) < 4.78 is 43.9. The number of thioether (sulfide) groups is 1. The first-order valence-electron chi connectivity index (χ1n) is 5.68. The monoisotopic (exact) mass is 316 g/mol. The Morgan fingerprint density at radius 3 is 2.57 bits per heavy atom. The number of ether oxygens (including phenoxy) is 1. The number of nitrogens with two attached hydrogens (primary N) is 1. The lowest BCUT2D eigenvalue weighted by Crippen LogP contribution is -2.10.